The second kappa shape index (κ2) is 8.74. The predicted octanol–water partition coefficient (Wildman–Crippen LogP) is 6.36. The molecular weight excluding hydrogens is 457 g/mol. The summed E-state index contributed by atoms with van der Waals surface area (Å²) in [4.78, 5) is 21.2. The quantitative estimate of drug-likeness (QED) is 0.387. The molecule has 0 aliphatic heterocycles. The number of amides is 1. The second-order valence-electron chi connectivity index (χ2n) is 8.07. The fourth-order valence-corrected chi connectivity index (χ4v) is 4.57. The van der Waals surface area contributed by atoms with Crippen LogP contribution in [-0.4, -0.2) is 21.1 Å². The van der Waals surface area contributed by atoms with E-state index in [4.69, 9.17) is 0 Å². The molecule has 4 rings (SSSR count). The van der Waals surface area contributed by atoms with Gasteiger partial charge in [-0.1, -0.05) is 12.1 Å². The molecule has 1 saturated carbocycles. The monoisotopic (exact) mass is 478 g/mol. The fourth-order valence-electron chi connectivity index (χ4n) is 2.83. The molecule has 0 bridgehead atoms. The first-order valence-corrected chi connectivity index (χ1v) is 11.7. The third-order valence-corrected chi connectivity index (χ3v) is 7.09. The van der Waals surface area contributed by atoms with E-state index in [-0.39, 0.29) is 5.91 Å². The Morgan fingerprint density at radius 2 is 1.84 bits per heavy atom. The first-order chi connectivity index (χ1) is 15.1. The van der Waals surface area contributed by atoms with Crippen LogP contribution in [0.3, 0.4) is 0 Å². The number of carbonyl (C=O) groups excluding carboxylic acids is 1. The summed E-state index contributed by atoms with van der Waals surface area (Å²) in [5, 5.41) is 6.16. The Morgan fingerprint density at radius 3 is 2.50 bits per heavy atom. The van der Waals surface area contributed by atoms with Gasteiger partial charge in [0, 0.05) is 34.3 Å². The molecule has 10 heteroatoms. The van der Waals surface area contributed by atoms with Crippen molar-refractivity contribution in [1.29, 1.82) is 0 Å². The lowest BCUT2D eigenvalue weighted by Crippen LogP contribution is -2.35. The lowest BCUT2D eigenvalue weighted by Gasteiger charge is -2.21. The highest BCUT2D eigenvalue weighted by Gasteiger charge is 2.33. The molecule has 0 spiro atoms. The van der Waals surface area contributed by atoms with Crippen LogP contribution in [0.1, 0.15) is 37.9 Å². The summed E-state index contributed by atoms with van der Waals surface area (Å²) < 4.78 is 42.0. The number of benzene rings is 1. The van der Waals surface area contributed by atoms with E-state index in [1.807, 2.05) is 5.38 Å². The summed E-state index contributed by atoms with van der Waals surface area (Å²) >= 11 is 3.13. The minimum absolute atomic E-state index is 0.224. The first-order valence-electron chi connectivity index (χ1n) is 9.95. The van der Waals surface area contributed by atoms with Crippen LogP contribution in [0, 0.1) is 0 Å². The van der Waals surface area contributed by atoms with Crippen molar-refractivity contribution in [1.82, 2.24) is 9.97 Å². The average molecular weight is 479 g/mol. The number of hydrogen-bond acceptors (Lipinski definition) is 6. The number of aromatic nitrogens is 2. The molecule has 0 saturated heterocycles. The van der Waals surface area contributed by atoms with E-state index in [1.165, 1.54) is 30.4 Å². The normalized spacial score (nSPS) is 14.3. The standard InChI is InChI=1S/C22H21F3N4OS2/c1-21(2,18-12-31-20(28-18)29-32-17-7-8-17)19(30)27-16-5-3-13(4-6-16)14-9-15(11-26-10-14)22(23,24)25/h3-6,9-12,17H,7-8H2,1-2H3,(H,27,30)(H,28,29). The topological polar surface area (TPSA) is 66.9 Å². The van der Waals surface area contributed by atoms with Crippen LogP contribution in [0.15, 0.2) is 48.1 Å². The van der Waals surface area contributed by atoms with Gasteiger partial charge >= 0.3 is 6.18 Å². The van der Waals surface area contributed by atoms with E-state index in [9.17, 15) is 18.0 Å². The zero-order valence-corrected chi connectivity index (χ0v) is 19.0. The van der Waals surface area contributed by atoms with Gasteiger partial charge < -0.3 is 10.0 Å². The number of alkyl halides is 3. The molecule has 1 aromatic carbocycles. The molecule has 1 aliphatic rings. The predicted molar refractivity (Wildman–Crippen MR) is 123 cm³/mol. The Balaban J connectivity index is 1.43. The van der Waals surface area contributed by atoms with Crippen molar-refractivity contribution in [2.75, 3.05) is 10.0 Å². The van der Waals surface area contributed by atoms with Gasteiger partial charge in [-0.25, -0.2) is 4.98 Å². The number of thiazole rings is 1. The summed E-state index contributed by atoms with van der Waals surface area (Å²) in [6.07, 6.45) is 0.148. The number of hydrogen-bond donors (Lipinski definition) is 2. The Morgan fingerprint density at radius 1 is 1.12 bits per heavy atom. The molecule has 1 aliphatic carbocycles. The molecule has 2 aromatic heterocycles. The van der Waals surface area contributed by atoms with Gasteiger partial charge in [-0.05, 0) is 62.4 Å². The highest BCUT2D eigenvalue weighted by Crippen LogP contribution is 2.36. The fraction of sp³-hybridized carbons (Fsp3) is 0.318. The molecule has 5 nitrogen and oxygen atoms in total. The SMILES string of the molecule is CC(C)(C(=O)Nc1ccc(-c2cncc(C(F)(F)F)c2)cc1)c1csc(NSC2CC2)n1. The third-order valence-electron chi connectivity index (χ3n) is 5.09. The number of anilines is 2. The summed E-state index contributed by atoms with van der Waals surface area (Å²) in [7, 11) is 0. The molecule has 0 atom stereocenters. The van der Waals surface area contributed by atoms with Crippen molar-refractivity contribution in [2.24, 2.45) is 0 Å². The van der Waals surface area contributed by atoms with Crippen molar-refractivity contribution in [3.8, 4) is 11.1 Å². The number of halogens is 3. The second-order valence-corrected chi connectivity index (χ2v) is 10.0. The van der Waals surface area contributed by atoms with Crippen molar-refractivity contribution in [3.05, 3.63) is 59.4 Å². The van der Waals surface area contributed by atoms with Gasteiger partial charge in [-0.3, -0.25) is 9.78 Å². The summed E-state index contributed by atoms with van der Waals surface area (Å²) in [5.41, 5.74) is 0.482. The Kier molecular flexibility index (Phi) is 6.17. The van der Waals surface area contributed by atoms with Crippen LogP contribution in [0.5, 0.6) is 0 Å². The van der Waals surface area contributed by atoms with Gasteiger partial charge in [0.2, 0.25) is 5.91 Å². The number of pyridine rings is 1. The Hall–Kier alpha value is -2.59. The molecule has 1 amide bonds. The average Bonchev–Trinajstić information content (AvgIpc) is 3.47. The van der Waals surface area contributed by atoms with Crippen LogP contribution in [0.2, 0.25) is 0 Å². The van der Waals surface area contributed by atoms with Gasteiger partial charge in [-0.2, -0.15) is 13.2 Å². The molecule has 3 aromatic rings. The maximum Gasteiger partial charge on any atom is 0.417 e. The number of rotatable bonds is 7. The van der Waals surface area contributed by atoms with E-state index in [1.54, 1.807) is 50.1 Å². The van der Waals surface area contributed by atoms with Gasteiger partial charge in [0.1, 0.15) is 0 Å². The van der Waals surface area contributed by atoms with Gasteiger partial charge in [0.15, 0.2) is 5.13 Å². The molecule has 1 fully saturated rings. The van der Waals surface area contributed by atoms with Gasteiger partial charge in [0.25, 0.3) is 0 Å². The van der Waals surface area contributed by atoms with E-state index in [0.717, 1.165) is 17.4 Å². The number of nitrogens with zero attached hydrogens (tertiary/aromatic N) is 2. The van der Waals surface area contributed by atoms with Gasteiger partial charge in [-0.15, -0.1) is 11.3 Å². The van der Waals surface area contributed by atoms with Gasteiger partial charge in [0.05, 0.1) is 16.7 Å². The maximum atomic E-state index is 12.9. The number of nitrogens with one attached hydrogen (secondary N) is 2. The molecule has 0 unspecified atom stereocenters. The van der Waals surface area contributed by atoms with Crippen LogP contribution >= 0.6 is 23.3 Å². The van der Waals surface area contributed by atoms with Crippen LogP contribution < -0.4 is 10.0 Å². The Bertz CT molecular complexity index is 1110. The van der Waals surface area contributed by atoms with Crippen molar-refractivity contribution < 1.29 is 18.0 Å². The lowest BCUT2D eigenvalue weighted by molar-refractivity contribution is -0.137. The largest absolute Gasteiger partial charge is 0.417 e. The van der Waals surface area contributed by atoms with E-state index in [0.29, 0.717) is 27.8 Å². The number of carbonyl (C=O) groups is 1. The minimum Gasteiger partial charge on any atom is -0.325 e. The third kappa shape index (κ3) is 5.24. The summed E-state index contributed by atoms with van der Waals surface area (Å²) in [6.45, 7) is 3.61. The van der Waals surface area contributed by atoms with Crippen LogP contribution in [0.25, 0.3) is 11.1 Å². The van der Waals surface area contributed by atoms with Crippen LogP contribution in [-0.2, 0) is 16.4 Å². The molecular formula is C22H21F3N4OS2. The minimum atomic E-state index is -4.45. The highest BCUT2D eigenvalue weighted by atomic mass is 32.2. The van der Waals surface area contributed by atoms with Crippen molar-refractivity contribution in [2.45, 2.75) is 43.5 Å². The zero-order chi connectivity index (χ0) is 22.9. The summed E-state index contributed by atoms with van der Waals surface area (Å²) in [5.74, 6) is -0.224. The first kappa shape index (κ1) is 22.6. The van der Waals surface area contributed by atoms with Crippen molar-refractivity contribution in [3.63, 3.8) is 0 Å². The molecule has 168 valence electrons. The lowest BCUT2D eigenvalue weighted by atomic mass is 9.89. The summed E-state index contributed by atoms with van der Waals surface area (Å²) in [6, 6.07) is 7.67. The van der Waals surface area contributed by atoms with Crippen molar-refractivity contribution >= 4 is 40.0 Å². The van der Waals surface area contributed by atoms with E-state index < -0.39 is 17.2 Å². The smallest absolute Gasteiger partial charge is 0.325 e. The molecule has 0 radical (unpaired) electrons. The molecule has 2 heterocycles. The van der Waals surface area contributed by atoms with E-state index in [2.05, 4.69) is 20.0 Å². The van der Waals surface area contributed by atoms with E-state index >= 15 is 0 Å². The van der Waals surface area contributed by atoms with Crippen LogP contribution in [0.4, 0.5) is 24.0 Å². The molecule has 2 N–H and O–H groups in total. The highest BCUT2D eigenvalue weighted by molar-refractivity contribution is 8.01. The Labute approximate surface area is 192 Å². The zero-order valence-electron chi connectivity index (χ0n) is 17.4. The molecule has 32 heavy (non-hydrogen) atoms. The maximum absolute atomic E-state index is 12.9.